The molecule has 0 aromatic heterocycles. The molecule has 0 spiro atoms. The van der Waals surface area contributed by atoms with Crippen molar-refractivity contribution in [2.45, 2.75) is 19.3 Å². The van der Waals surface area contributed by atoms with Crippen LogP contribution >= 0.6 is 11.6 Å². The molecule has 0 radical (unpaired) electrons. The van der Waals surface area contributed by atoms with Gasteiger partial charge in [0.25, 0.3) is 0 Å². The topological polar surface area (TPSA) is 58.6 Å². The molecule has 1 saturated heterocycles. The summed E-state index contributed by atoms with van der Waals surface area (Å²) in [6.45, 7) is 1.36. The number of methoxy groups -OCH3 is 1. The molecule has 1 atom stereocenters. The highest BCUT2D eigenvalue weighted by atomic mass is 35.5. The van der Waals surface area contributed by atoms with E-state index >= 15 is 0 Å². The molecule has 1 unspecified atom stereocenters. The lowest BCUT2D eigenvalue weighted by molar-refractivity contribution is -0.150. The Labute approximate surface area is 117 Å². The van der Waals surface area contributed by atoms with Crippen LogP contribution < -0.4 is 10.1 Å². The molecule has 2 rings (SSSR count). The van der Waals surface area contributed by atoms with E-state index in [0.29, 0.717) is 30.2 Å². The number of nitrogens with one attached hydrogen (secondary N) is 1. The summed E-state index contributed by atoms with van der Waals surface area (Å²) < 4.78 is 5.29. The Bertz CT molecular complexity index is 470. The third-order valence-electron chi connectivity index (χ3n) is 3.70. The standard InChI is InChI=1S/C14H18ClNO3/c1-19-12-4-3-11(15)7-10(12)8-14(13(17)18)5-2-6-16-9-14/h3-4,7,16H,2,5-6,8-9H2,1H3,(H,17,18). The fourth-order valence-electron chi connectivity index (χ4n) is 2.63. The fourth-order valence-corrected chi connectivity index (χ4v) is 2.82. The molecule has 0 aliphatic carbocycles. The summed E-state index contributed by atoms with van der Waals surface area (Å²) in [5.41, 5.74) is 0.0806. The molecular formula is C14H18ClNO3. The smallest absolute Gasteiger partial charge is 0.311 e. The second-order valence-electron chi connectivity index (χ2n) is 5.00. The Kier molecular flexibility index (Phi) is 4.32. The second-order valence-corrected chi connectivity index (χ2v) is 5.44. The van der Waals surface area contributed by atoms with Crippen LogP contribution in [0.1, 0.15) is 18.4 Å². The summed E-state index contributed by atoms with van der Waals surface area (Å²) >= 11 is 6.00. The van der Waals surface area contributed by atoms with Crippen LogP contribution in [-0.2, 0) is 11.2 Å². The Morgan fingerprint density at radius 2 is 2.37 bits per heavy atom. The summed E-state index contributed by atoms with van der Waals surface area (Å²) in [5, 5.41) is 13.3. The van der Waals surface area contributed by atoms with Gasteiger partial charge in [0.15, 0.2) is 0 Å². The molecule has 1 aromatic rings. The molecule has 0 amide bonds. The summed E-state index contributed by atoms with van der Waals surface area (Å²) in [6.07, 6.45) is 1.97. The maximum atomic E-state index is 11.7. The van der Waals surface area contributed by atoms with E-state index in [1.165, 1.54) is 0 Å². The van der Waals surface area contributed by atoms with Crippen molar-refractivity contribution in [3.8, 4) is 5.75 Å². The van der Waals surface area contributed by atoms with Crippen LogP contribution in [0.2, 0.25) is 5.02 Å². The molecule has 1 aliphatic heterocycles. The van der Waals surface area contributed by atoms with Gasteiger partial charge in [-0.05, 0) is 49.6 Å². The Hall–Kier alpha value is -1.26. The molecule has 0 bridgehead atoms. The van der Waals surface area contributed by atoms with Gasteiger partial charge in [-0.2, -0.15) is 0 Å². The number of carboxylic acids is 1. The number of carbonyl (C=O) groups is 1. The zero-order chi connectivity index (χ0) is 13.9. The van der Waals surface area contributed by atoms with Crippen LogP contribution in [0.4, 0.5) is 0 Å². The van der Waals surface area contributed by atoms with Gasteiger partial charge in [-0.3, -0.25) is 4.79 Å². The van der Waals surface area contributed by atoms with Crippen LogP contribution in [0.3, 0.4) is 0 Å². The van der Waals surface area contributed by atoms with E-state index in [0.717, 1.165) is 18.5 Å². The van der Waals surface area contributed by atoms with Crippen molar-refractivity contribution in [2.24, 2.45) is 5.41 Å². The molecule has 4 nitrogen and oxygen atoms in total. The highest BCUT2D eigenvalue weighted by Gasteiger charge is 2.40. The molecule has 5 heteroatoms. The zero-order valence-corrected chi connectivity index (χ0v) is 11.7. The van der Waals surface area contributed by atoms with E-state index in [2.05, 4.69) is 5.32 Å². The lowest BCUT2D eigenvalue weighted by Gasteiger charge is -2.34. The average molecular weight is 284 g/mol. The Balaban J connectivity index is 2.31. The van der Waals surface area contributed by atoms with E-state index in [1.54, 1.807) is 25.3 Å². The number of rotatable bonds is 4. The molecule has 2 N–H and O–H groups in total. The van der Waals surface area contributed by atoms with Gasteiger partial charge < -0.3 is 15.2 Å². The first-order valence-corrected chi connectivity index (χ1v) is 6.72. The van der Waals surface area contributed by atoms with Crippen LogP contribution in [-0.4, -0.2) is 31.3 Å². The second kappa shape index (κ2) is 5.80. The molecule has 1 aliphatic rings. The Morgan fingerprint density at radius 3 is 2.95 bits per heavy atom. The predicted molar refractivity (Wildman–Crippen MR) is 73.9 cm³/mol. The number of halogens is 1. The van der Waals surface area contributed by atoms with Gasteiger partial charge in [0.2, 0.25) is 0 Å². The molecule has 1 heterocycles. The van der Waals surface area contributed by atoms with Crippen LogP contribution in [0.5, 0.6) is 5.75 Å². The quantitative estimate of drug-likeness (QED) is 0.890. The van der Waals surface area contributed by atoms with E-state index < -0.39 is 11.4 Å². The number of hydrogen-bond acceptors (Lipinski definition) is 3. The summed E-state index contributed by atoms with van der Waals surface area (Å²) in [5.74, 6) is -0.0719. The van der Waals surface area contributed by atoms with Gasteiger partial charge in [0.05, 0.1) is 12.5 Å². The molecule has 0 saturated carbocycles. The van der Waals surface area contributed by atoms with Gasteiger partial charge in [0.1, 0.15) is 5.75 Å². The Morgan fingerprint density at radius 1 is 1.58 bits per heavy atom. The van der Waals surface area contributed by atoms with E-state index in [9.17, 15) is 9.90 Å². The SMILES string of the molecule is COc1ccc(Cl)cc1CC1(C(=O)O)CCCNC1. The number of aliphatic carboxylic acids is 1. The number of hydrogen-bond donors (Lipinski definition) is 2. The average Bonchev–Trinajstić information content (AvgIpc) is 2.40. The lowest BCUT2D eigenvalue weighted by Crippen LogP contribution is -2.47. The molecule has 1 aromatic carbocycles. The monoisotopic (exact) mass is 283 g/mol. The van der Waals surface area contributed by atoms with E-state index in [4.69, 9.17) is 16.3 Å². The number of piperidine rings is 1. The highest BCUT2D eigenvalue weighted by molar-refractivity contribution is 6.30. The minimum absolute atomic E-state index is 0.430. The van der Waals surface area contributed by atoms with Crippen LogP contribution in [0.15, 0.2) is 18.2 Å². The maximum absolute atomic E-state index is 11.7. The van der Waals surface area contributed by atoms with Gasteiger partial charge >= 0.3 is 5.97 Å². The molecule has 104 valence electrons. The first kappa shape index (κ1) is 14.2. The van der Waals surface area contributed by atoms with Gasteiger partial charge in [0, 0.05) is 11.6 Å². The van der Waals surface area contributed by atoms with Crippen molar-refractivity contribution >= 4 is 17.6 Å². The van der Waals surface area contributed by atoms with Crippen molar-refractivity contribution < 1.29 is 14.6 Å². The van der Waals surface area contributed by atoms with Gasteiger partial charge in [-0.15, -0.1) is 0 Å². The first-order chi connectivity index (χ1) is 9.07. The largest absolute Gasteiger partial charge is 0.496 e. The number of carboxylic acid groups (broad SMARTS) is 1. The lowest BCUT2D eigenvalue weighted by atomic mass is 9.75. The highest BCUT2D eigenvalue weighted by Crippen LogP contribution is 2.35. The summed E-state index contributed by atoms with van der Waals surface area (Å²) in [4.78, 5) is 11.7. The summed E-state index contributed by atoms with van der Waals surface area (Å²) in [7, 11) is 1.58. The fraction of sp³-hybridized carbons (Fsp3) is 0.500. The zero-order valence-electron chi connectivity index (χ0n) is 10.9. The third-order valence-corrected chi connectivity index (χ3v) is 3.93. The van der Waals surface area contributed by atoms with Crippen molar-refractivity contribution in [1.82, 2.24) is 5.32 Å². The van der Waals surface area contributed by atoms with Crippen LogP contribution in [0, 0.1) is 5.41 Å². The van der Waals surface area contributed by atoms with E-state index in [1.807, 2.05) is 0 Å². The van der Waals surface area contributed by atoms with Crippen molar-refractivity contribution in [1.29, 1.82) is 0 Å². The number of ether oxygens (including phenoxy) is 1. The number of benzene rings is 1. The van der Waals surface area contributed by atoms with Crippen LogP contribution in [0.25, 0.3) is 0 Å². The minimum atomic E-state index is -0.768. The molecular weight excluding hydrogens is 266 g/mol. The normalized spacial score (nSPS) is 23.1. The van der Waals surface area contributed by atoms with Gasteiger partial charge in [-0.25, -0.2) is 0 Å². The minimum Gasteiger partial charge on any atom is -0.496 e. The van der Waals surface area contributed by atoms with Gasteiger partial charge in [-0.1, -0.05) is 11.6 Å². The van der Waals surface area contributed by atoms with Crippen molar-refractivity contribution in [3.05, 3.63) is 28.8 Å². The maximum Gasteiger partial charge on any atom is 0.311 e. The molecule has 1 fully saturated rings. The summed E-state index contributed by atoms with van der Waals surface area (Å²) in [6, 6.07) is 5.32. The first-order valence-electron chi connectivity index (χ1n) is 6.34. The van der Waals surface area contributed by atoms with Crippen molar-refractivity contribution in [3.63, 3.8) is 0 Å². The van der Waals surface area contributed by atoms with E-state index in [-0.39, 0.29) is 0 Å². The molecule has 19 heavy (non-hydrogen) atoms. The van der Waals surface area contributed by atoms with Crippen molar-refractivity contribution in [2.75, 3.05) is 20.2 Å². The predicted octanol–water partition coefficient (Wildman–Crippen LogP) is 2.35. The third kappa shape index (κ3) is 3.01.